The molecule has 0 aromatic heterocycles. The van der Waals surface area contributed by atoms with Crippen LogP contribution in [-0.4, -0.2) is 32.5 Å². The second-order valence-electron chi connectivity index (χ2n) is 3.33. The molecule has 82 valence electrons. The molecule has 1 aliphatic heterocycles. The zero-order valence-electron chi connectivity index (χ0n) is 8.32. The number of rotatable bonds is 6. The Balaban J connectivity index is 1.58. The Morgan fingerprint density at radius 2 is 2.00 bits per heavy atom. The molecule has 0 aliphatic carbocycles. The van der Waals surface area contributed by atoms with Crippen molar-refractivity contribution in [2.75, 3.05) is 26.4 Å². The van der Waals surface area contributed by atoms with Gasteiger partial charge in [-0.1, -0.05) is 11.6 Å². The molecule has 0 spiro atoms. The lowest BCUT2D eigenvalue weighted by Crippen LogP contribution is -2.09. The van der Waals surface area contributed by atoms with Crippen LogP contribution in [0.3, 0.4) is 0 Å². The van der Waals surface area contributed by atoms with E-state index < -0.39 is 0 Å². The van der Waals surface area contributed by atoms with Gasteiger partial charge in [0.1, 0.15) is 18.5 Å². The Bertz CT molecular complexity index is 295. The number of hydrogen-bond donors (Lipinski definition) is 0. The molecule has 0 amide bonds. The third-order valence-corrected chi connectivity index (χ3v) is 2.27. The van der Waals surface area contributed by atoms with Crippen molar-refractivity contribution in [1.29, 1.82) is 0 Å². The van der Waals surface area contributed by atoms with Crippen molar-refractivity contribution in [3.05, 3.63) is 29.3 Å². The highest BCUT2D eigenvalue weighted by molar-refractivity contribution is 6.30. The first kappa shape index (κ1) is 10.7. The van der Waals surface area contributed by atoms with Crippen molar-refractivity contribution in [2.45, 2.75) is 6.10 Å². The summed E-state index contributed by atoms with van der Waals surface area (Å²) in [6.07, 6.45) is 0.320. The van der Waals surface area contributed by atoms with Crippen LogP contribution in [0.1, 0.15) is 0 Å². The highest BCUT2D eigenvalue weighted by Gasteiger charge is 2.21. The lowest BCUT2D eigenvalue weighted by Gasteiger charge is -2.06. The van der Waals surface area contributed by atoms with Crippen LogP contribution in [-0.2, 0) is 9.47 Å². The molecular weight excluding hydrogens is 216 g/mol. The van der Waals surface area contributed by atoms with Crippen LogP contribution >= 0.6 is 11.6 Å². The molecule has 1 aliphatic rings. The average molecular weight is 229 g/mol. The number of halogens is 1. The van der Waals surface area contributed by atoms with Gasteiger partial charge in [0.25, 0.3) is 0 Å². The highest BCUT2D eigenvalue weighted by atomic mass is 35.5. The maximum atomic E-state index is 5.74. The van der Waals surface area contributed by atoms with E-state index in [9.17, 15) is 0 Å². The van der Waals surface area contributed by atoms with Crippen molar-refractivity contribution in [3.8, 4) is 5.75 Å². The van der Waals surface area contributed by atoms with Gasteiger partial charge < -0.3 is 14.2 Å². The fourth-order valence-electron chi connectivity index (χ4n) is 1.13. The fraction of sp³-hybridized carbons (Fsp3) is 0.455. The molecule has 1 aromatic carbocycles. The van der Waals surface area contributed by atoms with E-state index in [2.05, 4.69) is 0 Å². The minimum absolute atomic E-state index is 0.320. The molecular formula is C11H13ClO3. The first-order chi connectivity index (χ1) is 7.34. The van der Waals surface area contributed by atoms with Crippen LogP contribution in [0, 0.1) is 0 Å². The molecule has 0 N–H and O–H groups in total. The van der Waals surface area contributed by atoms with E-state index in [0.29, 0.717) is 30.9 Å². The van der Waals surface area contributed by atoms with Crippen LogP contribution in [0.4, 0.5) is 0 Å². The fourth-order valence-corrected chi connectivity index (χ4v) is 1.25. The maximum Gasteiger partial charge on any atom is 0.119 e. The largest absolute Gasteiger partial charge is 0.491 e. The minimum Gasteiger partial charge on any atom is -0.491 e. The van der Waals surface area contributed by atoms with Gasteiger partial charge >= 0.3 is 0 Å². The van der Waals surface area contributed by atoms with Crippen LogP contribution in [0.5, 0.6) is 5.75 Å². The Labute approximate surface area is 93.9 Å². The zero-order valence-corrected chi connectivity index (χ0v) is 9.07. The first-order valence-corrected chi connectivity index (χ1v) is 5.30. The molecule has 0 unspecified atom stereocenters. The van der Waals surface area contributed by atoms with Crippen LogP contribution in [0.25, 0.3) is 0 Å². The maximum absolute atomic E-state index is 5.74. The van der Waals surface area contributed by atoms with Crippen LogP contribution < -0.4 is 4.74 Å². The second kappa shape index (κ2) is 5.35. The molecule has 1 heterocycles. The zero-order chi connectivity index (χ0) is 10.5. The lowest BCUT2D eigenvalue weighted by molar-refractivity contribution is 0.0878. The monoisotopic (exact) mass is 228 g/mol. The average Bonchev–Trinajstić information content (AvgIpc) is 3.04. The molecule has 0 saturated carbocycles. The summed E-state index contributed by atoms with van der Waals surface area (Å²) in [5.41, 5.74) is 0. The van der Waals surface area contributed by atoms with Gasteiger partial charge in [-0.3, -0.25) is 0 Å². The van der Waals surface area contributed by atoms with E-state index in [1.807, 2.05) is 12.1 Å². The Kier molecular flexibility index (Phi) is 3.83. The van der Waals surface area contributed by atoms with Crippen molar-refractivity contribution in [3.63, 3.8) is 0 Å². The standard InChI is InChI=1S/C11H13ClO3/c12-9-1-3-10(4-2-9)14-6-5-13-7-11-8-15-11/h1-4,11H,5-8H2/t11-/m1/s1. The Morgan fingerprint density at radius 1 is 1.27 bits per heavy atom. The molecule has 1 saturated heterocycles. The van der Waals surface area contributed by atoms with E-state index in [0.717, 1.165) is 12.4 Å². The van der Waals surface area contributed by atoms with Crippen molar-refractivity contribution < 1.29 is 14.2 Å². The molecule has 0 radical (unpaired) electrons. The number of benzene rings is 1. The molecule has 0 bridgehead atoms. The van der Waals surface area contributed by atoms with Gasteiger partial charge in [-0.15, -0.1) is 0 Å². The van der Waals surface area contributed by atoms with E-state index in [1.54, 1.807) is 12.1 Å². The van der Waals surface area contributed by atoms with Crippen molar-refractivity contribution >= 4 is 11.6 Å². The topological polar surface area (TPSA) is 31.0 Å². The summed E-state index contributed by atoms with van der Waals surface area (Å²) in [4.78, 5) is 0. The number of epoxide rings is 1. The smallest absolute Gasteiger partial charge is 0.119 e. The summed E-state index contributed by atoms with van der Waals surface area (Å²) < 4.78 is 15.8. The molecule has 2 rings (SSSR count). The lowest BCUT2D eigenvalue weighted by atomic mass is 10.3. The summed E-state index contributed by atoms with van der Waals surface area (Å²) in [5.74, 6) is 0.811. The summed E-state index contributed by atoms with van der Waals surface area (Å²) >= 11 is 5.74. The van der Waals surface area contributed by atoms with Gasteiger partial charge in [0.15, 0.2) is 0 Å². The van der Waals surface area contributed by atoms with Gasteiger partial charge in [-0.25, -0.2) is 0 Å². The van der Waals surface area contributed by atoms with E-state index in [-0.39, 0.29) is 0 Å². The molecule has 1 aromatic rings. The van der Waals surface area contributed by atoms with Gasteiger partial charge in [-0.2, -0.15) is 0 Å². The van der Waals surface area contributed by atoms with Gasteiger partial charge in [0.2, 0.25) is 0 Å². The molecule has 1 atom stereocenters. The third kappa shape index (κ3) is 4.08. The highest BCUT2D eigenvalue weighted by Crippen LogP contribution is 2.15. The molecule has 1 fully saturated rings. The summed E-state index contributed by atoms with van der Waals surface area (Å²) in [7, 11) is 0. The molecule has 4 heteroatoms. The molecule has 15 heavy (non-hydrogen) atoms. The quantitative estimate of drug-likeness (QED) is 0.552. The second-order valence-corrected chi connectivity index (χ2v) is 3.77. The van der Waals surface area contributed by atoms with Gasteiger partial charge in [-0.05, 0) is 24.3 Å². The first-order valence-electron chi connectivity index (χ1n) is 4.92. The Hall–Kier alpha value is -0.770. The van der Waals surface area contributed by atoms with Crippen LogP contribution in [0.2, 0.25) is 5.02 Å². The number of ether oxygens (including phenoxy) is 3. The predicted octanol–water partition coefficient (Wildman–Crippen LogP) is 2.13. The van der Waals surface area contributed by atoms with Crippen molar-refractivity contribution in [1.82, 2.24) is 0 Å². The minimum atomic E-state index is 0.320. The van der Waals surface area contributed by atoms with Gasteiger partial charge in [0.05, 0.1) is 19.8 Å². The predicted molar refractivity (Wildman–Crippen MR) is 57.5 cm³/mol. The Morgan fingerprint density at radius 3 is 2.67 bits per heavy atom. The van der Waals surface area contributed by atoms with E-state index in [4.69, 9.17) is 25.8 Å². The summed E-state index contributed by atoms with van der Waals surface area (Å²) in [6.45, 7) is 2.64. The molecule has 3 nitrogen and oxygen atoms in total. The normalized spacial score (nSPS) is 18.9. The van der Waals surface area contributed by atoms with Gasteiger partial charge in [0, 0.05) is 5.02 Å². The van der Waals surface area contributed by atoms with Crippen molar-refractivity contribution in [2.24, 2.45) is 0 Å². The number of hydrogen-bond acceptors (Lipinski definition) is 3. The summed E-state index contributed by atoms with van der Waals surface area (Å²) in [5, 5.41) is 0.712. The third-order valence-electron chi connectivity index (χ3n) is 2.02. The van der Waals surface area contributed by atoms with E-state index in [1.165, 1.54) is 0 Å². The van der Waals surface area contributed by atoms with Crippen LogP contribution in [0.15, 0.2) is 24.3 Å². The summed E-state index contributed by atoms with van der Waals surface area (Å²) in [6, 6.07) is 7.28. The SMILES string of the molecule is Clc1ccc(OCCOC[C@@H]2CO2)cc1. The van der Waals surface area contributed by atoms with E-state index >= 15 is 0 Å².